The van der Waals surface area contributed by atoms with Crippen LogP contribution in [0, 0.1) is 0 Å². The molecule has 0 radical (unpaired) electrons. The summed E-state index contributed by atoms with van der Waals surface area (Å²) < 4.78 is 17.9. The normalized spacial score (nSPS) is 16.3. The van der Waals surface area contributed by atoms with E-state index in [1.54, 1.807) is 36.4 Å². The van der Waals surface area contributed by atoms with Gasteiger partial charge in [-0.1, -0.05) is 43.2 Å². The molecule has 35 heavy (non-hydrogen) atoms. The van der Waals surface area contributed by atoms with Crippen molar-refractivity contribution in [1.29, 1.82) is 0 Å². The number of benzene rings is 2. The molecule has 192 valence electrons. The SMILES string of the molecule is Cl.NCCCCCC(NC(=O)C1CCCN1C(=O)c1ccccc1Oc1ccccc1)P(=O)(O)O. The lowest BCUT2D eigenvalue weighted by Crippen LogP contribution is -2.48. The Balaban J connectivity index is 0.00000432. The fourth-order valence-corrected chi connectivity index (χ4v) is 4.84. The second-order valence-corrected chi connectivity index (χ2v) is 10.1. The van der Waals surface area contributed by atoms with Crippen LogP contribution in [0.4, 0.5) is 0 Å². The molecular weight excluding hydrogens is 493 g/mol. The van der Waals surface area contributed by atoms with Crippen LogP contribution in [0.3, 0.4) is 0 Å². The number of nitrogens with two attached hydrogens (primary N) is 1. The molecule has 2 amide bonds. The monoisotopic (exact) mass is 525 g/mol. The van der Waals surface area contributed by atoms with E-state index in [0.717, 1.165) is 12.8 Å². The molecule has 2 atom stereocenters. The molecule has 1 aliphatic rings. The average Bonchev–Trinajstić information content (AvgIpc) is 3.31. The molecule has 2 aromatic rings. The molecule has 1 saturated heterocycles. The number of likely N-dealkylation sites (tertiary alicyclic amines) is 1. The first-order chi connectivity index (χ1) is 16.3. The van der Waals surface area contributed by atoms with Crippen molar-refractivity contribution in [2.24, 2.45) is 5.73 Å². The maximum atomic E-state index is 13.4. The summed E-state index contributed by atoms with van der Waals surface area (Å²) in [7, 11) is -4.55. The lowest BCUT2D eigenvalue weighted by atomic mass is 10.1. The number of unbranched alkanes of at least 4 members (excludes halogenated alkanes) is 2. The Morgan fingerprint density at radius 2 is 1.77 bits per heavy atom. The molecule has 2 unspecified atom stereocenters. The summed E-state index contributed by atoms with van der Waals surface area (Å²) in [6.45, 7) is 0.870. The first kappa shape index (κ1) is 28.8. The number of hydrogen-bond acceptors (Lipinski definition) is 5. The van der Waals surface area contributed by atoms with Crippen LogP contribution in [-0.4, -0.2) is 51.4 Å². The van der Waals surface area contributed by atoms with Gasteiger partial charge in [-0.05, 0) is 56.5 Å². The third kappa shape index (κ3) is 8.05. The highest BCUT2D eigenvalue weighted by atomic mass is 35.5. The van der Waals surface area contributed by atoms with Crippen molar-refractivity contribution in [3.63, 3.8) is 0 Å². The smallest absolute Gasteiger partial charge is 0.347 e. The van der Waals surface area contributed by atoms with Gasteiger partial charge in [0.2, 0.25) is 5.91 Å². The van der Waals surface area contributed by atoms with Crippen molar-refractivity contribution in [1.82, 2.24) is 10.2 Å². The fraction of sp³-hybridized carbons (Fsp3) is 0.417. The quantitative estimate of drug-likeness (QED) is 0.259. The number of rotatable bonds is 11. The molecule has 0 spiro atoms. The van der Waals surface area contributed by atoms with Gasteiger partial charge in [0.25, 0.3) is 5.91 Å². The molecule has 0 aromatic heterocycles. The molecule has 1 fully saturated rings. The lowest BCUT2D eigenvalue weighted by Gasteiger charge is -2.27. The zero-order chi connectivity index (χ0) is 24.6. The van der Waals surface area contributed by atoms with E-state index in [4.69, 9.17) is 10.5 Å². The van der Waals surface area contributed by atoms with Gasteiger partial charge in [-0.25, -0.2) is 0 Å². The maximum Gasteiger partial charge on any atom is 0.347 e. The van der Waals surface area contributed by atoms with Gasteiger partial charge in [-0.2, -0.15) is 0 Å². The van der Waals surface area contributed by atoms with Crippen LogP contribution in [-0.2, 0) is 9.36 Å². The summed E-state index contributed by atoms with van der Waals surface area (Å²) in [5, 5.41) is 2.51. The van der Waals surface area contributed by atoms with Gasteiger partial charge < -0.3 is 30.5 Å². The van der Waals surface area contributed by atoms with Gasteiger partial charge in [-0.3, -0.25) is 14.2 Å². The molecule has 1 aliphatic heterocycles. The van der Waals surface area contributed by atoms with Crippen LogP contribution >= 0.6 is 20.0 Å². The highest BCUT2D eigenvalue weighted by molar-refractivity contribution is 7.52. The summed E-state index contributed by atoms with van der Waals surface area (Å²) in [5.41, 5.74) is 5.79. The highest BCUT2D eigenvalue weighted by Gasteiger charge is 2.38. The minimum absolute atomic E-state index is 0. The van der Waals surface area contributed by atoms with Crippen LogP contribution in [0.5, 0.6) is 11.5 Å². The van der Waals surface area contributed by atoms with Crippen molar-refractivity contribution < 1.29 is 28.7 Å². The second-order valence-electron chi connectivity index (χ2n) is 8.32. The summed E-state index contributed by atoms with van der Waals surface area (Å²) in [6.07, 6.45) is 3.17. The summed E-state index contributed by atoms with van der Waals surface area (Å²) in [5.74, 6) is -1.25. The van der Waals surface area contributed by atoms with Gasteiger partial charge in [0.05, 0.1) is 5.56 Å². The first-order valence-electron chi connectivity index (χ1n) is 11.5. The molecular formula is C24H33ClN3O6P. The molecule has 11 heteroatoms. The number of amides is 2. The minimum Gasteiger partial charge on any atom is -0.457 e. The summed E-state index contributed by atoms with van der Waals surface area (Å²) in [4.78, 5) is 47.3. The molecule has 0 saturated carbocycles. The van der Waals surface area contributed by atoms with Gasteiger partial charge in [0, 0.05) is 6.54 Å². The van der Waals surface area contributed by atoms with Crippen LogP contribution in [0.2, 0.25) is 0 Å². The van der Waals surface area contributed by atoms with E-state index in [-0.39, 0.29) is 24.7 Å². The van der Waals surface area contributed by atoms with Crippen molar-refractivity contribution in [2.45, 2.75) is 50.3 Å². The molecule has 0 aliphatic carbocycles. The Kier molecular flexibility index (Phi) is 11.2. The molecule has 1 heterocycles. The summed E-state index contributed by atoms with van der Waals surface area (Å²) >= 11 is 0. The van der Waals surface area contributed by atoms with Gasteiger partial charge in [-0.15, -0.1) is 12.4 Å². The van der Waals surface area contributed by atoms with E-state index < -0.39 is 25.3 Å². The number of ether oxygens (including phenoxy) is 1. The van der Waals surface area contributed by atoms with E-state index >= 15 is 0 Å². The number of nitrogens with one attached hydrogen (secondary N) is 1. The molecule has 5 N–H and O–H groups in total. The number of carbonyl (C=O) groups is 2. The van der Waals surface area contributed by atoms with Crippen LogP contribution < -0.4 is 15.8 Å². The predicted molar refractivity (Wildman–Crippen MR) is 136 cm³/mol. The Labute approximate surface area is 211 Å². The first-order valence-corrected chi connectivity index (χ1v) is 13.2. The van der Waals surface area contributed by atoms with Crippen molar-refractivity contribution >= 4 is 31.8 Å². The topological polar surface area (TPSA) is 142 Å². The van der Waals surface area contributed by atoms with Crippen LogP contribution in [0.15, 0.2) is 54.6 Å². The van der Waals surface area contributed by atoms with E-state index in [0.29, 0.717) is 49.4 Å². The zero-order valence-electron chi connectivity index (χ0n) is 19.4. The van der Waals surface area contributed by atoms with Crippen LogP contribution in [0.25, 0.3) is 0 Å². The van der Waals surface area contributed by atoms with Gasteiger partial charge in [0.1, 0.15) is 23.3 Å². The third-order valence-corrected chi connectivity index (χ3v) is 7.00. The molecule has 9 nitrogen and oxygen atoms in total. The number of para-hydroxylation sites is 2. The molecule has 3 rings (SSSR count). The number of nitrogens with zero attached hydrogens (tertiary/aromatic N) is 1. The highest BCUT2D eigenvalue weighted by Crippen LogP contribution is 2.42. The Morgan fingerprint density at radius 1 is 1.09 bits per heavy atom. The number of hydrogen-bond donors (Lipinski definition) is 4. The van der Waals surface area contributed by atoms with E-state index in [2.05, 4.69) is 5.32 Å². The number of halogens is 1. The summed E-state index contributed by atoms with van der Waals surface area (Å²) in [6, 6.07) is 15.1. The maximum absolute atomic E-state index is 13.4. The standard InChI is InChI=1S/C24H32N3O6P.ClH/c25-16-8-2-5-15-22(34(30,31)32)26-23(28)20-13-9-17-27(20)24(29)19-12-6-7-14-21(19)33-18-10-3-1-4-11-18;/h1,3-4,6-7,10-12,14,20,22H,2,5,8-9,13,15-17,25H2,(H,26,28)(H2,30,31,32);1H. The zero-order valence-corrected chi connectivity index (χ0v) is 21.1. The minimum atomic E-state index is -4.55. The van der Waals surface area contributed by atoms with E-state index in [1.807, 2.05) is 18.2 Å². The molecule has 0 bridgehead atoms. The van der Waals surface area contributed by atoms with Gasteiger partial charge >= 0.3 is 7.60 Å². The van der Waals surface area contributed by atoms with Crippen molar-refractivity contribution in [3.8, 4) is 11.5 Å². The number of carbonyl (C=O) groups excluding carboxylic acids is 2. The van der Waals surface area contributed by atoms with Crippen LogP contribution in [0.1, 0.15) is 48.9 Å². The van der Waals surface area contributed by atoms with E-state index in [1.165, 1.54) is 4.90 Å². The predicted octanol–water partition coefficient (Wildman–Crippen LogP) is 3.64. The average molecular weight is 526 g/mol. The fourth-order valence-electron chi connectivity index (χ4n) is 4.03. The Morgan fingerprint density at radius 3 is 2.46 bits per heavy atom. The third-order valence-electron chi connectivity index (χ3n) is 5.80. The van der Waals surface area contributed by atoms with Crippen molar-refractivity contribution in [2.75, 3.05) is 13.1 Å². The second kappa shape index (κ2) is 13.6. The Bertz CT molecular complexity index is 1020. The van der Waals surface area contributed by atoms with Gasteiger partial charge in [0.15, 0.2) is 0 Å². The largest absolute Gasteiger partial charge is 0.457 e. The van der Waals surface area contributed by atoms with Crippen molar-refractivity contribution in [3.05, 3.63) is 60.2 Å². The lowest BCUT2D eigenvalue weighted by molar-refractivity contribution is -0.125. The molecule has 2 aromatic carbocycles. The van der Waals surface area contributed by atoms with E-state index in [9.17, 15) is 23.9 Å². The Hall–Kier alpha value is -2.42.